The van der Waals surface area contributed by atoms with E-state index in [1.165, 1.54) is 18.2 Å². The maximum Gasteiger partial charge on any atom is 0.196 e. The Bertz CT molecular complexity index is 880. The van der Waals surface area contributed by atoms with E-state index in [0.717, 1.165) is 0 Å². The third-order valence-corrected chi connectivity index (χ3v) is 4.27. The molecule has 0 aliphatic heterocycles. The van der Waals surface area contributed by atoms with Crippen molar-refractivity contribution in [2.75, 3.05) is 31.8 Å². The Hall–Kier alpha value is -2.57. The van der Waals surface area contributed by atoms with Crippen molar-refractivity contribution in [1.29, 1.82) is 0 Å². The minimum atomic E-state index is -0.373. The average molecular weight is 361 g/mol. The Morgan fingerprint density at radius 1 is 1.00 bits per heavy atom. The van der Waals surface area contributed by atoms with Crippen LogP contribution in [0.1, 0.15) is 38.3 Å². The van der Waals surface area contributed by atoms with Gasteiger partial charge in [0.05, 0.1) is 23.4 Å². The second-order valence-electron chi connectivity index (χ2n) is 5.67. The first kappa shape index (κ1) is 17.3. The molecule has 2 aromatic rings. The van der Waals surface area contributed by atoms with Crippen molar-refractivity contribution in [3.05, 3.63) is 51.5 Å². The average Bonchev–Trinajstić information content (AvgIpc) is 2.59. The topological polar surface area (TPSA) is 105 Å². The summed E-state index contributed by atoms with van der Waals surface area (Å²) in [6.07, 6.45) is 0.654. The molecule has 1 aliphatic rings. The molecule has 0 aromatic heterocycles. The zero-order chi connectivity index (χ0) is 18.1. The van der Waals surface area contributed by atoms with Crippen molar-refractivity contribution < 1.29 is 19.1 Å². The third-order valence-electron chi connectivity index (χ3n) is 4.04. The summed E-state index contributed by atoms with van der Waals surface area (Å²) >= 11 is 5.95. The normalized spacial score (nSPS) is 12.7. The van der Waals surface area contributed by atoms with Crippen LogP contribution in [0, 0.1) is 0 Å². The summed E-state index contributed by atoms with van der Waals surface area (Å²) in [5, 5.41) is 0.369. The summed E-state index contributed by atoms with van der Waals surface area (Å²) in [6, 6.07) is 6.01. The van der Waals surface area contributed by atoms with Gasteiger partial charge in [-0.15, -0.1) is 0 Å². The molecule has 0 amide bonds. The lowest BCUT2D eigenvalue weighted by Gasteiger charge is -2.22. The Morgan fingerprint density at radius 2 is 1.72 bits per heavy atom. The summed E-state index contributed by atoms with van der Waals surface area (Å²) in [6.45, 7) is 0.885. The molecule has 3 rings (SSSR count). The van der Waals surface area contributed by atoms with E-state index in [1.807, 2.05) is 0 Å². The van der Waals surface area contributed by atoms with Gasteiger partial charge in [-0.2, -0.15) is 0 Å². The molecule has 2 aromatic carbocycles. The molecule has 0 radical (unpaired) electrons. The molecule has 6 nitrogen and oxygen atoms in total. The fourth-order valence-electron chi connectivity index (χ4n) is 2.85. The van der Waals surface area contributed by atoms with E-state index in [0.29, 0.717) is 24.7 Å². The van der Waals surface area contributed by atoms with Crippen LogP contribution in [0.25, 0.3) is 0 Å². The Labute approximate surface area is 149 Å². The molecule has 0 atom stereocenters. The number of rotatable bonds is 5. The number of nitrogen functional groups attached to an aromatic ring is 2. The molecule has 4 N–H and O–H groups in total. The molecule has 25 heavy (non-hydrogen) atoms. The molecule has 0 bridgehead atoms. The molecule has 130 valence electrons. The maximum atomic E-state index is 12.9. The lowest BCUT2D eigenvalue weighted by Crippen LogP contribution is -2.24. The first-order valence-corrected chi connectivity index (χ1v) is 8.06. The van der Waals surface area contributed by atoms with Crippen molar-refractivity contribution in [2.45, 2.75) is 6.42 Å². The SMILES string of the molecule is COCCCOc1cc(N)c2c(c1N)C(=O)c1ccc(Cl)cc1C2=O. The van der Waals surface area contributed by atoms with Crippen LogP contribution in [0.4, 0.5) is 11.4 Å². The van der Waals surface area contributed by atoms with Gasteiger partial charge < -0.3 is 20.9 Å². The smallest absolute Gasteiger partial charge is 0.196 e. The number of methoxy groups -OCH3 is 1. The molecular formula is C18H17ClN2O4. The zero-order valence-corrected chi connectivity index (χ0v) is 14.4. The van der Waals surface area contributed by atoms with Gasteiger partial charge in [0.15, 0.2) is 11.6 Å². The Morgan fingerprint density at radius 3 is 2.44 bits per heavy atom. The van der Waals surface area contributed by atoms with Crippen LogP contribution < -0.4 is 16.2 Å². The van der Waals surface area contributed by atoms with Gasteiger partial charge in [-0.1, -0.05) is 11.6 Å². The van der Waals surface area contributed by atoms with Gasteiger partial charge >= 0.3 is 0 Å². The molecule has 0 spiro atoms. The number of carbonyl (C=O) groups excluding carboxylic acids is 2. The van der Waals surface area contributed by atoms with Gasteiger partial charge in [0.1, 0.15) is 5.75 Å². The van der Waals surface area contributed by atoms with E-state index in [2.05, 4.69) is 0 Å². The fourth-order valence-corrected chi connectivity index (χ4v) is 3.02. The number of anilines is 2. The van der Waals surface area contributed by atoms with Crippen LogP contribution in [0.15, 0.2) is 24.3 Å². The summed E-state index contributed by atoms with van der Waals surface area (Å²) in [4.78, 5) is 25.6. The molecule has 0 saturated heterocycles. The van der Waals surface area contributed by atoms with Gasteiger partial charge in [-0.3, -0.25) is 9.59 Å². The fraction of sp³-hybridized carbons (Fsp3) is 0.222. The van der Waals surface area contributed by atoms with Crippen LogP contribution in [0.2, 0.25) is 5.02 Å². The molecule has 0 unspecified atom stereocenters. The highest BCUT2D eigenvalue weighted by atomic mass is 35.5. The first-order chi connectivity index (χ1) is 12.0. The minimum absolute atomic E-state index is 0.0848. The number of hydrogen-bond donors (Lipinski definition) is 2. The molecule has 7 heteroatoms. The molecule has 0 heterocycles. The van der Waals surface area contributed by atoms with Gasteiger partial charge in [-0.05, 0) is 18.2 Å². The maximum absolute atomic E-state index is 12.9. The van der Waals surface area contributed by atoms with E-state index < -0.39 is 0 Å². The second-order valence-corrected chi connectivity index (χ2v) is 6.11. The van der Waals surface area contributed by atoms with Crippen LogP contribution in [0.5, 0.6) is 5.75 Å². The minimum Gasteiger partial charge on any atom is -0.491 e. The number of ketones is 2. The third kappa shape index (κ3) is 2.94. The lowest BCUT2D eigenvalue weighted by atomic mass is 9.82. The Balaban J connectivity index is 2.07. The van der Waals surface area contributed by atoms with Gasteiger partial charge in [0.2, 0.25) is 0 Å². The predicted octanol–water partition coefficient (Wildman–Crippen LogP) is 2.70. The lowest BCUT2D eigenvalue weighted by molar-refractivity contribution is 0.0980. The largest absolute Gasteiger partial charge is 0.491 e. The van der Waals surface area contributed by atoms with Crippen LogP contribution in [-0.4, -0.2) is 31.9 Å². The van der Waals surface area contributed by atoms with Crippen LogP contribution >= 0.6 is 11.6 Å². The summed E-state index contributed by atoms with van der Waals surface area (Å²) in [7, 11) is 1.60. The van der Waals surface area contributed by atoms with E-state index in [9.17, 15) is 9.59 Å². The number of carbonyl (C=O) groups is 2. The number of halogens is 1. The van der Waals surface area contributed by atoms with Crippen LogP contribution in [0.3, 0.4) is 0 Å². The van der Waals surface area contributed by atoms with Crippen molar-refractivity contribution in [2.24, 2.45) is 0 Å². The number of ether oxygens (including phenoxy) is 2. The van der Waals surface area contributed by atoms with E-state index >= 15 is 0 Å². The summed E-state index contributed by atoms with van der Waals surface area (Å²) < 4.78 is 10.6. The first-order valence-electron chi connectivity index (χ1n) is 7.68. The predicted molar refractivity (Wildman–Crippen MR) is 95.6 cm³/mol. The molecular weight excluding hydrogens is 344 g/mol. The number of benzene rings is 2. The van der Waals surface area contributed by atoms with E-state index in [1.54, 1.807) is 13.2 Å². The quantitative estimate of drug-likeness (QED) is 0.535. The number of nitrogens with two attached hydrogens (primary N) is 2. The second kappa shape index (κ2) is 6.74. The van der Waals surface area contributed by atoms with Crippen molar-refractivity contribution in [3.63, 3.8) is 0 Å². The van der Waals surface area contributed by atoms with Crippen LogP contribution in [-0.2, 0) is 4.74 Å². The Kier molecular flexibility index (Phi) is 4.65. The highest BCUT2D eigenvalue weighted by Gasteiger charge is 2.34. The van der Waals surface area contributed by atoms with E-state index in [-0.39, 0.29) is 50.9 Å². The number of fused-ring (bicyclic) bond motifs is 2. The van der Waals surface area contributed by atoms with Gasteiger partial charge in [0.25, 0.3) is 0 Å². The van der Waals surface area contributed by atoms with E-state index in [4.69, 9.17) is 32.5 Å². The van der Waals surface area contributed by atoms with Gasteiger partial charge in [0, 0.05) is 48.0 Å². The highest BCUT2D eigenvalue weighted by molar-refractivity contribution is 6.35. The summed E-state index contributed by atoms with van der Waals surface area (Å²) in [5.74, 6) is -0.457. The van der Waals surface area contributed by atoms with Crippen molar-refractivity contribution in [3.8, 4) is 5.75 Å². The standard InChI is InChI=1S/C18H17ClN2O4/c1-24-5-2-6-25-13-8-12(20)14-15(16(13)21)17(22)10-4-3-9(19)7-11(10)18(14)23/h3-4,7-8H,2,5-6,20-21H2,1H3. The summed E-state index contributed by atoms with van der Waals surface area (Å²) in [5.41, 5.74) is 13.1. The molecule has 0 fully saturated rings. The zero-order valence-electron chi connectivity index (χ0n) is 13.6. The van der Waals surface area contributed by atoms with Crippen molar-refractivity contribution in [1.82, 2.24) is 0 Å². The van der Waals surface area contributed by atoms with Gasteiger partial charge in [-0.25, -0.2) is 0 Å². The molecule has 0 saturated carbocycles. The number of hydrogen-bond acceptors (Lipinski definition) is 6. The monoisotopic (exact) mass is 360 g/mol. The highest BCUT2D eigenvalue weighted by Crippen LogP contribution is 2.40. The molecule has 1 aliphatic carbocycles. The van der Waals surface area contributed by atoms with Crippen molar-refractivity contribution >= 4 is 34.5 Å².